The smallest absolute Gasteiger partial charge is 0.417 e. The molecule has 0 saturated carbocycles. The molecule has 1 aromatic carbocycles. The number of anilines is 1. The van der Waals surface area contributed by atoms with Crippen molar-refractivity contribution in [1.82, 2.24) is 9.29 Å². The van der Waals surface area contributed by atoms with Gasteiger partial charge in [0, 0.05) is 37.3 Å². The zero-order chi connectivity index (χ0) is 21.9. The van der Waals surface area contributed by atoms with Gasteiger partial charge in [0.1, 0.15) is 5.82 Å². The number of carboxylic acids is 1. The SMILES string of the molecule is C/C=S(\c1cc(C)cc(CC(=O)O)c1)N1CCN(c2ccc(C(F)(F)F)cn2)CC1. The van der Waals surface area contributed by atoms with E-state index in [4.69, 9.17) is 5.11 Å². The fourth-order valence-electron chi connectivity index (χ4n) is 3.51. The highest BCUT2D eigenvalue weighted by atomic mass is 32.2. The second-order valence-electron chi connectivity index (χ2n) is 7.09. The van der Waals surface area contributed by atoms with Crippen molar-refractivity contribution in [3.05, 3.63) is 53.2 Å². The number of hydrogen-bond acceptors (Lipinski definition) is 4. The number of piperazine rings is 1. The minimum atomic E-state index is -4.39. The number of carboxylic acid groups (broad SMARTS) is 1. The quantitative estimate of drug-likeness (QED) is 0.707. The molecule has 5 nitrogen and oxygen atoms in total. The van der Waals surface area contributed by atoms with Gasteiger partial charge < -0.3 is 10.0 Å². The molecule has 1 aromatic heterocycles. The number of alkyl halides is 3. The Morgan fingerprint density at radius 1 is 1.20 bits per heavy atom. The molecule has 1 N–H and O–H groups in total. The summed E-state index contributed by atoms with van der Waals surface area (Å²) in [6.45, 7) is 6.73. The molecular formula is C21H24F3N3O2S. The second-order valence-corrected chi connectivity index (χ2v) is 9.18. The third kappa shape index (κ3) is 5.40. The van der Waals surface area contributed by atoms with Gasteiger partial charge in [0.15, 0.2) is 0 Å². The molecule has 0 spiro atoms. The molecule has 0 bridgehead atoms. The standard InChI is InChI=1S/C21H24F3N3O2S/c1-3-30(18-11-15(2)10-16(12-18)13-20(28)29)27-8-6-26(7-9-27)19-5-4-17(14-25-19)21(22,23)24/h3-5,10-12,14H,6-9,13H2,1-2H3,(H,28,29). The van der Waals surface area contributed by atoms with Crippen LogP contribution in [0.15, 0.2) is 41.4 Å². The average Bonchev–Trinajstić information content (AvgIpc) is 2.68. The maximum atomic E-state index is 12.7. The van der Waals surface area contributed by atoms with Gasteiger partial charge >= 0.3 is 12.1 Å². The molecule has 0 radical (unpaired) electrons. The Labute approximate surface area is 176 Å². The van der Waals surface area contributed by atoms with Crippen LogP contribution in [0.3, 0.4) is 0 Å². The van der Waals surface area contributed by atoms with Gasteiger partial charge in [0.25, 0.3) is 0 Å². The summed E-state index contributed by atoms with van der Waals surface area (Å²) in [6.07, 6.45) is -3.52. The highest BCUT2D eigenvalue weighted by Crippen LogP contribution is 2.34. The molecule has 1 aliphatic rings. The molecule has 0 amide bonds. The lowest BCUT2D eigenvalue weighted by molar-refractivity contribution is -0.138. The molecule has 1 unspecified atom stereocenters. The van der Waals surface area contributed by atoms with E-state index in [9.17, 15) is 18.0 Å². The number of carbonyl (C=O) groups is 1. The highest BCUT2D eigenvalue weighted by Gasteiger charge is 2.31. The van der Waals surface area contributed by atoms with Crippen molar-refractivity contribution in [3.8, 4) is 0 Å². The zero-order valence-corrected chi connectivity index (χ0v) is 17.6. The summed E-state index contributed by atoms with van der Waals surface area (Å²) in [5.41, 5.74) is 1.06. The molecular weight excluding hydrogens is 415 g/mol. The largest absolute Gasteiger partial charge is 0.481 e. The van der Waals surface area contributed by atoms with Gasteiger partial charge in [-0.15, -0.1) is 0 Å². The summed E-state index contributed by atoms with van der Waals surface area (Å²) in [5.74, 6) is -0.313. The fourth-order valence-corrected chi connectivity index (χ4v) is 5.51. The van der Waals surface area contributed by atoms with Crippen LogP contribution in [0.25, 0.3) is 0 Å². The van der Waals surface area contributed by atoms with Crippen LogP contribution in [0.4, 0.5) is 19.0 Å². The Bertz CT molecular complexity index is 938. The van der Waals surface area contributed by atoms with Gasteiger partial charge in [-0.2, -0.15) is 13.2 Å². The maximum Gasteiger partial charge on any atom is 0.417 e. The fraction of sp³-hybridized carbons (Fsp3) is 0.381. The van der Waals surface area contributed by atoms with E-state index in [1.165, 1.54) is 6.07 Å². The van der Waals surface area contributed by atoms with Crippen LogP contribution in [0.2, 0.25) is 0 Å². The van der Waals surface area contributed by atoms with Crippen LogP contribution in [0.5, 0.6) is 0 Å². The van der Waals surface area contributed by atoms with Gasteiger partial charge in [-0.3, -0.25) is 4.79 Å². The van der Waals surface area contributed by atoms with Crippen molar-refractivity contribution in [3.63, 3.8) is 0 Å². The van der Waals surface area contributed by atoms with E-state index in [1.807, 2.05) is 30.9 Å². The summed E-state index contributed by atoms with van der Waals surface area (Å²) < 4.78 is 40.5. The second kappa shape index (κ2) is 9.18. The number of benzene rings is 1. The van der Waals surface area contributed by atoms with E-state index in [-0.39, 0.29) is 17.1 Å². The lowest BCUT2D eigenvalue weighted by Crippen LogP contribution is -2.44. The summed E-state index contributed by atoms with van der Waals surface area (Å²) in [4.78, 5) is 18.1. The monoisotopic (exact) mass is 439 g/mol. The number of pyridine rings is 1. The van der Waals surface area contributed by atoms with E-state index in [0.717, 1.165) is 41.4 Å². The molecule has 1 saturated heterocycles. The number of hydrogen-bond donors (Lipinski definition) is 1. The van der Waals surface area contributed by atoms with Crippen LogP contribution in [0.1, 0.15) is 23.6 Å². The normalized spacial score (nSPS) is 16.6. The Hall–Kier alpha value is -2.39. The van der Waals surface area contributed by atoms with Gasteiger partial charge in [0.2, 0.25) is 0 Å². The summed E-state index contributed by atoms with van der Waals surface area (Å²) in [6, 6.07) is 8.41. The molecule has 0 aliphatic carbocycles. The van der Waals surface area contributed by atoms with Gasteiger partial charge in [-0.25, -0.2) is 9.29 Å². The van der Waals surface area contributed by atoms with E-state index >= 15 is 0 Å². The molecule has 1 atom stereocenters. The highest BCUT2D eigenvalue weighted by molar-refractivity contribution is 8.13. The predicted octanol–water partition coefficient (Wildman–Crippen LogP) is 4.22. The number of aliphatic carboxylic acids is 1. The lowest BCUT2D eigenvalue weighted by atomic mass is 10.1. The molecule has 3 rings (SSSR count). The summed E-state index contributed by atoms with van der Waals surface area (Å²) in [7, 11) is -0.284. The van der Waals surface area contributed by atoms with Crippen LogP contribution < -0.4 is 4.90 Å². The molecule has 2 aromatic rings. The molecule has 1 aliphatic heterocycles. The first-order valence-electron chi connectivity index (χ1n) is 9.55. The molecule has 9 heteroatoms. The Morgan fingerprint density at radius 3 is 2.43 bits per heavy atom. The number of aryl methyl sites for hydroxylation is 1. The number of aromatic nitrogens is 1. The Kier molecular flexibility index (Phi) is 6.82. The molecule has 1 fully saturated rings. The summed E-state index contributed by atoms with van der Waals surface area (Å²) >= 11 is 0. The molecule has 162 valence electrons. The van der Waals surface area contributed by atoms with Crippen molar-refractivity contribution in [2.24, 2.45) is 0 Å². The Balaban J connectivity index is 1.70. The number of rotatable bonds is 5. The van der Waals surface area contributed by atoms with Gasteiger partial charge in [-0.1, -0.05) is 16.7 Å². The van der Waals surface area contributed by atoms with E-state index in [1.54, 1.807) is 0 Å². The third-order valence-corrected chi connectivity index (χ3v) is 6.93. The predicted molar refractivity (Wildman–Crippen MR) is 113 cm³/mol. The molecule has 2 heterocycles. The van der Waals surface area contributed by atoms with E-state index < -0.39 is 17.7 Å². The Morgan fingerprint density at radius 2 is 1.90 bits per heavy atom. The first-order chi connectivity index (χ1) is 14.2. The number of nitrogens with zero attached hydrogens (tertiary/aromatic N) is 3. The molecule has 30 heavy (non-hydrogen) atoms. The first-order valence-corrected chi connectivity index (χ1v) is 10.8. The minimum absolute atomic E-state index is 0.0109. The average molecular weight is 440 g/mol. The van der Waals surface area contributed by atoms with Crippen molar-refractivity contribution in [1.29, 1.82) is 0 Å². The van der Waals surface area contributed by atoms with Crippen molar-refractivity contribution >= 4 is 27.8 Å². The van der Waals surface area contributed by atoms with Crippen molar-refractivity contribution in [2.75, 3.05) is 31.1 Å². The third-order valence-electron chi connectivity index (χ3n) is 4.85. The van der Waals surface area contributed by atoms with Gasteiger partial charge in [0.05, 0.1) is 12.0 Å². The van der Waals surface area contributed by atoms with Crippen molar-refractivity contribution in [2.45, 2.75) is 31.3 Å². The topological polar surface area (TPSA) is 56.7 Å². The van der Waals surface area contributed by atoms with Crippen LogP contribution in [0, 0.1) is 6.92 Å². The van der Waals surface area contributed by atoms with Crippen LogP contribution in [-0.2, 0) is 17.4 Å². The van der Waals surface area contributed by atoms with Crippen LogP contribution >= 0.6 is 10.7 Å². The zero-order valence-electron chi connectivity index (χ0n) is 16.8. The van der Waals surface area contributed by atoms with Crippen molar-refractivity contribution < 1.29 is 23.1 Å². The summed E-state index contributed by atoms with van der Waals surface area (Å²) in [5, 5.41) is 11.2. The first kappa shape index (κ1) is 22.3. The number of halogens is 3. The van der Waals surface area contributed by atoms with Gasteiger partial charge in [-0.05, 0) is 54.6 Å². The minimum Gasteiger partial charge on any atom is -0.481 e. The van der Waals surface area contributed by atoms with Crippen LogP contribution in [-0.4, -0.2) is 51.9 Å². The maximum absolute atomic E-state index is 12.7. The lowest BCUT2D eigenvalue weighted by Gasteiger charge is -2.37. The van der Waals surface area contributed by atoms with E-state index in [0.29, 0.717) is 18.9 Å². The van der Waals surface area contributed by atoms with E-state index in [2.05, 4.69) is 20.7 Å².